The summed E-state index contributed by atoms with van der Waals surface area (Å²) in [5.74, 6) is -4.46. The number of hydrogen-bond donors (Lipinski definition) is 9. The first-order valence-corrected chi connectivity index (χ1v) is 12.5. The summed E-state index contributed by atoms with van der Waals surface area (Å²) < 4.78 is 0. The molecule has 4 atom stereocenters. The highest BCUT2D eigenvalue weighted by atomic mass is 32.1. The molecule has 0 aliphatic rings. The molecule has 4 unspecified atom stereocenters. The van der Waals surface area contributed by atoms with Crippen molar-refractivity contribution in [2.75, 3.05) is 12.3 Å². The number of hydrogen-bond acceptors (Lipinski definition) is 8. The van der Waals surface area contributed by atoms with Crippen molar-refractivity contribution in [1.82, 2.24) is 16.0 Å². The molecule has 1 rings (SSSR count). The predicted molar refractivity (Wildman–Crippen MR) is 144 cm³/mol. The van der Waals surface area contributed by atoms with Crippen molar-refractivity contribution < 1.29 is 29.1 Å². The Hall–Kier alpha value is -3.85. The monoisotopic (exact) mass is 552 g/mol. The van der Waals surface area contributed by atoms with Crippen LogP contribution in [0.15, 0.2) is 35.3 Å². The number of guanidine groups is 1. The lowest BCUT2D eigenvalue weighted by Gasteiger charge is -2.25. The van der Waals surface area contributed by atoms with Crippen LogP contribution >= 0.6 is 12.6 Å². The van der Waals surface area contributed by atoms with Gasteiger partial charge in [0, 0.05) is 25.1 Å². The Bertz CT molecular complexity index is 989. The maximum absolute atomic E-state index is 13.2. The van der Waals surface area contributed by atoms with E-state index in [9.17, 15) is 29.1 Å². The van der Waals surface area contributed by atoms with Crippen LogP contribution < -0.4 is 38.9 Å². The fourth-order valence-corrected chi connectivity index (χ4v) is 3.52. The lowest BCUT2D eigenvalue weighted by Crippen LogP contribution is -2.58. The maximum atomic E-state index is 13.2. The van der Waals surface area contributed by atoms with Crippen molar-refractivity contribution in [1.29, 1.82) is 0 Å². The number of thiol groups is 1. The van der Waals surface area contributed by atoms with E-state index in [2.05, 4.69) is 33.6 Å². The van der Waals surface area contributed by atoms with Gasteiger partial charge >= 0.3 is 5.97 Å². The fourth-order valence-electron chi connectivity index (χ4n) is 3.27. The molecule has 38 heavy (non-hydrogen) atoms. The van der Waals surface area contributed by atoms with E-state index in [-0.39, 0.29) is 43.9 Å². The van der Waals surface area contributed by atoms with Gasteiger partial charge in [-0.2, -0.15) is 12.6 Å². The average Bonchev–Trinajstić information content (AvgIpc) is 2.86. The molecular formula is C23H36N8O6S. The van der Waals surface area contributed by atoms with Crippen molar-refractivity contribution in [2.24, 2.45) is 27.9 Å². The van der Waals surface area contributed by atoms with Crippen LogP contribution in [0.25, 0.3) is 0 Å². The van der Waals surface area contributed by atoms with Crippen LogP contribution in [0.5, 0.6) is 0 Å². The SMILES string of the molecule is NC(=O)CCC(NC(=O)C(N)CCCN=C(N)N)C(=O)NC(Cc1ccccc1)C(=O)NC(CS)C(=O)O. The second kappa shape index (κ2) is 16.8. The molecule has 0 aliphatic heterocycles. The molecule has 0 bridgehead atoms. The summed E-state index contributed by atoms with van der Waals surface area (Å²) in [6.07, 6.45) is 0.264. The van der Waals surface area contributed by atoms with E-state index in [0.29, 0.717) is 12.0 Å². The summed E-state index contributed by atoms with van der Waals surface area (Å²) in [5, 5.41) is 16.6. The molecule has 0 aromatic heterocycles. The van der Waals surface area contributed by atoms with E-state index in [4.69, 9.17) is 22.9 Å². The number of carboxylic acid groups (broad SMARTS) is 1. The van der Waals surface area contributed by atoms with E-state index in [1.165, 1.54) is 0 Å². The third kappa shape index (κ3) is 12.4. The number of benzene rings is 1. The molecule has 0 radical (unpaired) electrons. The molecule has 210 valence electrons. The zero-order valence-corrected chi connectivity index (χ0v) is 21.7. The summed E-state index contributed by atoms with van der Waals surface area (Å²) in [5.41, 5.74) is 22.3. The predicted octanol–water partition coefficient (Wildman–Crippen LogP) is -2.66. The van der Waals surface area contributed by atoms with Gasteiger partial charge in [0.05, 0.1) is 6.04 Å². The number of aliphatic imine (C=N–C) groups is 1. The van der Waals surface area contributed by atoms with Gasteiger partial charge in [-0.1, -0.05) is 30.3 Å². The number of carboxylic acids is 1. The summed E-state index contributed by atoms with van der Waals surface area (Å²) in [6.45, 7) is 0.259. The molecule has 0 aliphatic carbocycles. The van der Waals surface area contributed by atoms with Gasteiger partial charge in [0.25, 0.3) is 0 Å². The zero-order valence-electron chi connectivity index (χ0n) is 20.8. The van der Waals surface area contributed by atoms with Crippen molar-refractivity contribution >= 4 is 48.2 Å². The molecule has 12 N–H and O–H groups in total. The van der Waals surface area contributed by atoms with Gasteiger partial charge in [0.15, 0.2) is 5.96 Å². The second-order valence-electron chi connectivity index (χ2n) is 8.45. The minimum Gasteiger partial charge on any atom is -0.480 e. The van der Waals surface area contributed by atoms with Gasteiger partial charge in [-0.15, -0.1) is 0 Å². The van der Waals surface area contributed by atoms with Crippen LogP contribution in [0.1, 0.15) is 31.2 Å². The minimum atomic E-state index is -1.29. The van der Waals surface area contributed by atoms with Gasteiger partial charge in [0.2, 0.25) is 23.6 Å². The number of primary amides is 1. The number of aliphatic carboxylic acids is 1. The largest absolute Gasteiger partial charge is 0.480 e. The molecule has 4 amide bonds. The van der Waals surface area contributed by atoms with Crippen LogP contribution in [-0.4, -0.2) is 77.1 Å². The highest BCUT2D eigenvalue weighted by molar-refractivity contribution is 7.80. The Kier molecular flexibility index (Phi) is 14.2. The van der Waals surface area contributed by atoms with Crippen molar-refractivity contribution in [3.05, 3.63) is 35.9 Å². The van der Waals surface area contributed by atoms with Gasteiger partial charge in [-0.25, -0.2) is 4.79 Å². The molecule has 1 aromatic carbocycles. The Morgan fingerprint density at radius 1 is 0.868 bits per heavy atom. The summed E-state index contributed by atoms with van der Waals surface area (Å²) in [7, 11) is 0. The number of amides is 4. The summed E-state index contributed by atoms with van der Waals surface area (Å²) in [6, 6.07) is 3.98. The fraction of sp³-hybridized carbons (Fsp3) is 0.478. The number of carbonyl (C=O) groups excluding carboxylic acids is 4. The van der Waals surface area contributed by atoms with Crippen molar-refractivity contribution in [3.63, 3.8) is 0 Å². The maximum Gasteiger partial charge on any atom is 0.327 e. The number of rotatable bonds is 17. The zero-order chi connectivity index (χ0) is 28.7. The molecule has 1 aromatic rings. The van der Waals surface area contributed by atoms with E-state index in [0.717, 1.165) is 0 Å². The Balaban J connectivity index is 3.03. The topological polar surface area (TPSA) is 258 Å². The number of carbonyl (C=O) groups is 5. The van der Waals surface area contributed by atoms with Crippen LogP contribution in [0.4, 0.5) is 0 Å². The van der Waals surface area contributed by atoms with Gasteiger partial charge in [0.1, 0.15) is 18.1 Å². The standard InChI is InChI=1S/C23H36N8O6S/c24-14(7-4-10-28-23(26)27)19(33)29-15(8-9-18(25)32)20(34)30-16(11-13-5-2-1-3-6-13)21(35)31-17(12-38)22(36)37/h1-3,5-6,14-17,38H,4,7-12,24H2,(H2,25,32)(H,29,33)(H,30,34)(H,31,35)(H,36,37)(H4,26,27,28). The number of nitrogens with one attached hydrogen (secondary N) is 3. The third-order valence-electron chi connectivity index (χ3n) is 5.33. The van der Waals surface area contributed by atoms with Gasteiger partial charge in [-0.05, 0) is 24.8 Å². The highest BCUT2D eigenvalue weighted by Crippen LogP contribution is 2.07. The van der Waals surface area contributed by atoms with Gasteiger partial charge < -0.3 is 44.0 Å². The van der Waals surface area contributed by atoms with Crippen molar-refractivity contribution in [3.8, 4) is 0 Å². The Morgan fingerprint density at radius 2 is 1.45 bits per heavy atom. The first kappa shape index (κ1) is 32.2. The second-order valence-corrected chi connectivity index (χ2v) is 8.82. The Labute approximate surface area is 225 Å². The summed E-state index contributed by atoms with van der Waals surface area (Å²) in [4.78, 5) is 65.3. The molecule has 15 heteroatoms. The quantitative estimate of drug-likeness (QED) is 0.0422. The lowest BCUT2D eigenvalue weighted by atomic mass is 10.0. The smallest absolute Gasteiger partial charge is 0.327 e. The van der Waals surface area contributed by atoms with Crippen LogP contribution in [-0.2, 0) is 30.4 Å². The van der Waals surface area contributed by atoms with E-state index < -0.39 is 53.8 Å². The molecule has 0 spiro atoms. The first-order chi connectivity index (χ1) is 17.9. The molecular weight excluding hydrogens is 516 g/mol. The first-order valence-electron chi connectivity index (χ1n) is 11.8. The molecule has 14 nitrogen and oxygen atoms in total. The van der Waals surface area contributed by atoms with E-state index in [1.54, 1.807) is 30.3 Å². The number of nitrogens with zero attached hydrogens (tertiary/aromatic N) is 1. The summed E-state index contributed by atoms with van der Waals surface area (Å²) >= 11 is 3.94. The average molecular weight is 553 g/mol. The molecule has 0 fully saturated rings. The van der Waals surface area contributed by atoms with Crippen LogP contribution in [0, 0.1) is 0 Å². The molecule has 0 saturated carbocycles. The molecule has 0 heterocycles. The van der Waals surface area contributed by atoms with Crippen LogP contribution in [0.3, 0.4) is 0 Å². The minimum absolute atomic E-state index is 0.0259. The third-order valence-corrected chi connectivity index (χ3v) is 5.69. The van der Waals surface area contributed by atoms with Crippen molar-refractivity contribution in [2.45, 2.75) is 56.3 Å². The normalized spacial score (nSPS) is 13.7. The van der Waals surface area contributed by atoms with E-state index in [1.807, 2.05) is 0 Å². The van der Waals surface area contributed by atoms with Gasteiger partial charge in [-0.3, -0.25) is 24.2 Å². The molecule has 0 saturated heterocycles. The van der Waals surface area contributed by atoms with E-state index >= 15 is 0 Å². The lowest BCUT2D eigenvalue weighted by molar-refractivity contribution is -0.141. The highest BCUT2D eigenvalue weighted by Gasteiger charge is 2.30. The Morgan fingerprint density at radius 3 is 2.00 bits per heavy atom. The van der Waals surface area contributed by atoms with Crippen LogP contribution in [0.2, 0.25) is 0 Å². The number of nitrogens with two attached hydrogens (primary N) is 4.